The quantitative estimate of drug-likeness (QED) is 0.605. The summed E-state index contributed by atoms with van der Waals surface area (Å²) in [4.78, 5) is 21.6. The monoisotopic (exact) mass is 439 g/mol. The largest absolute Gasteiger partial charge is 0.485 e. The minimum Gasteiger partial charge on any atom is -0.485 e. The van der Waals surface area contributed by atoms with Gasteiger partial charge in [-0.05, 0) is 32.4 Å². The first-order valence-corrected chi connectivity index (χ1v) is 10.7. The number of amides is 1. The number of rotatable bonds is 4. The summed E-state index contributed by atoms with van der Waals surface area (Å²) in [7, 11) is 0. The molecule has 0 saturated carbocycles. The Morgan fingerprint density at radius 2 is 1.91 bits per heavy atom. The molecule has 4 heterocycles. The molecule has 1 unspecified atom stereocenters. The van der Waals surface area contributed by atoms with Crippen LogP contribution in [0.2, 0.25) is 0 Å². The van der Waals surface area contributed by atoms with Gasteiger partial charge in [0, 0.05) is 26.2 Å². The van der Waals surface area contributed by atoms with E-state index in [-0.39, 0.29) is 12.5 Å². The molecular formula is C22H25N5O5. The number of carbonyl (C=O) groups is 1. The summed E-state index contributed by atoms with van der Waals surface area (Å²) >= 11 is 0. The summed E-state index contributed by atoms with van der Waals surface area (Å²) in [6, 6.07) is 7.41. The number of hydrogen-bond donors (Lipinski definition) is 0. The summed E-state index contributed by atoms with van der Waals surface area (Å²) in [6.07, 6.45) is 0.232. The Morgan fingerprint density at radius 1 is 1.06 bits per heavy atom. The van der Waals surface area contributed by atoms with Gasteiger partial charge in [-0.25, -0.2) is 0 Å². The zero-order chi connectivity index (χ0) is 22.1. The third-order valence-corrected chi connectivity index (χ3v) is 5.76. The lowest BCUT2D eigenvalue weighted by Gasteiger charge is -2.30. The van der Waals surface area contributed by atoms with E-state index in [1.54, 1.807) is 0 Å². The van der Waals surface area contributed by atoms with Crippen LogP contribution in [0.15, 0.2) is 33.3 Å². The maximum absolute atomic E-state index is 13.0. The Kier molecular flexibility index (Phi) is 5.52. The first-order valence-electron chi connectivity index (χ1n) is 10.7. The molecular weight excluding hydrogens is 414 g/mol. The van der Waals surface area contributed by atoms with Gasteiger partial charge in [-0.2, -0.15) is 4.98 Å². The molecule has 5 rings (SSSR count). The van der Waals surface area contributed by atoms with Crippen molar-refractivity contribution in [1.29, 1.82) is 0 Å². The molecule has 168 valence electrons. The fourth-order valence-electron chi connectivity index (χ4n) is 4.10. The number of aryl methyl sites for hydroxylation is 2. The van der Waals surface area contributed by atoms with Gasteiger partial charge in [0.05, 0.1) is 12.2 Å². The van der Waals surface area contributed by atoms with Crippen molar-refractivity contribution in [3.05, 3.63) is 41.5 Å². The van der Waals surface area contributed by atoms with Gasteiger partial charge in [-0.15, -0.1) is 0 Å². The smallest absolute Gasteiger partial charge is 0.267 e. The summed E-state index contributed by atoms with van der Waals surface area (Å²) < 4.78 is 22.2. The lowest BCUT2D eigenvalue weighted by Crippen LogP contribution is -2.47. The summed E-state index contributed by atoms with van der Waals surface area (Å²) in [5.74, 6) is 2.91. The Labute approximate surface area is 185 Å². The number of hydrogen-bond acceptors (Lipinski definition) is 9. The molecule has 3 aromatic rings. The van der Waals surface area contributed by atoms with Crippen molar-refractivity contribution in [2.75, 3.05) is 32.8 Å². The minimum atomic E-state index is -0.619. The summed E-state index contributed by atoms with van der Waals surface area (Å²) in [5.41, 5.74) is 1.46. The van der Waals surface area contributed by atoms with Gasteiger partial charge in [0.15, 0.2) is 17.3 Å². The zero-order valence-corrected chi connectivity index (χ0v) is 18.1. The molecule has 32 heavy (non-hydrogen) atoms. The molecule has 10 nitrogen and oxygen atoms in total. The Hall–Kier alpha value is -3.40. The maximum atomic E-state index is 13.0. The van der Waals surface area contributed by atoms with E-state index in [4.69, 9.17) is 18.5 Å². The molecule has 1 amide bonds. The molecule has 1 atom stereocenters. The molecule has 0 bridgehead atoms. The van der Waals surface area contributed by atoms with Gasteiger partial charge in [0.2, 0.25) is 6.10 Å². The van der Waals surface area contributed by atoms with Crippen molar-refractivity contribution < 1.29 is 23.3 Å². The van der Waals surface area contributed by atoms with Crippen LogP contribution in [-0.2, 0) is 11.3 Å². The molecule has 0 spiro atoms. The molecule has 10 heteroatoms. The molecule has 0 radical (unpaired) electrons. The molecule has 1 saturated heterocycles. The number of carbonyl (C=O) groups excluding carboxylic acids is 1. The topological polar surface area (TPSA) is 107 Å². The van der Waals surface area contributed by atoms with E-state index in [1.807, 2.05) is 43.0 Å². The minimum absolute atomic E-state index is 0.0402. The average Bonchev–Trinajstić information content (AvgIpc) is 3.31. The van der Waals surface area contributed by atoms with Gasteiger partial charge in [0.25, 0.3) is 11.8 Å². The fraction of sp³-hybridized carbons (Fsp3) is 0.455. The van der Waals surface area contributed by atoms with E-state index in [0.717, 1.165) is 24.2 Å². The second-order valence-corrected chi connectivity index (χ2v) is 8.03. The third-order valence-electron chi connectivity index (χ3n) is 5.76. The maximum Gasteiger partial charge on any atom is 0.267 e. The second kappa shape index (κ2) is 8.62. The van der Waals surface area contributed by atoms with Crippen LogP contribution in [0.5, 0.6) is 11.5 Å². The van der Waals surface area contributed by atoms with Crippen molar-refractivity contribution in [3.8, 4) is 23.0 Å². The van der Waals surface area contributed by atoms with Crippen molar-refractivity contribution in [1.82, 2.24) is 25.1 Å². The number of ether oxygens (including phenoxy) is 2. The van der Waals surface area contributed by atoms with Gasteiger partial charge >= 0.3 is 0 Å². The highest BCUT2D eigenvalue weighted by Crippen LogP contribution is 2.31. The molecule has 1 fully saturated rings. The SMILES string of the molecule is Cc1noc(C)c1-c1nc(CN2CCCN(C(=O)C3COc4ccccc4O3)CC2)no1. The zero-order valence-electron chi connectivity index (χ0n) is 18.1. The second-order valence-electron chi connectivity index (χ2n) is 8.03. The molecule has 2 aromatic heterocycles. The van der Waals surface area contributed by atoms with Crippen molar-refractivity contribution in [2.45, 2.75) is 32.9 Å². The number of nitrogens with zero attached hydrogens (tertiary/aromatic N) is 5. The van der Waals surface area contributed by atoms with Gasteiger partial charge < -0.3 is 23.4 Å². The standard InChI is InChI=1S/C22H25N5O5/c1-14-20(15(2)31-24-14)21-23-19(25-32-21)12-26-8-5-9-27(11-10-26)22(28)18-13-29-16-6-3-4-7-17(16)30-18/h3-4,6-7,18H,5,8-13H2,1-2H3. The van der Waals surface area contributed by atoms with Gasteiger partial charge in [-0.1, -0.05) is 22.4 Å². The Bertz CT molecular complexity index is 1090. The van der Waals surface area contributed by atoms with E-state index in [2.05, 4.69) is 20.2 Å². The molecule has 0 aliphatic carbocycles. The lowest BCUT2D eigenvalue weighted by molar-refractivity contribution is -0.141. The van der Waals surface area contributed by atoms with E-state index < -0.39 is 6.10 Å². The first-order chi connectivity index (χ1) is 15.6. The predicted molar refractivity (Wildman–Crippen MR) is 112 cm³/mol. The first kappa shape index (κ1) is 20.5. The van der Waals surface area contributed by atoms with Crippen LogP contribution in [-0.4, -0.2) is 69.9 Å². The van der Waals surface area contributed by atoms with Crippen LogP contribution < -0.4 is 9.47 Å². The Balaban J connectivity index is 1.19. The summed E-state index contributed by atoms with van der Waals surface area (Å²) in [5, 5.41) is 8.05. The number of benzene rings is 1. The van der Waals surface area contributed by atoms with E-state index >= 15 is 0 Å². The summed E-state index contributed by atoms with van der Waals surface area (Å²) in [6.45, 7) is 7.26. The van der Waals surface area contributed by atoms with Crippen LogP contribution in [0.3, 0.4) is 0 Å². The fourth-order valence-corrected chi connectivity index (χ4v) is 4.10. The average molecular weight is 439 g/mol. The molecule has 2 aliphatic heterocycles. The number of fused-ring (bicyclic) bond motifs is 1. The van der Waals surface area contributed by atoms with E-state index in [0.29, 0.717) is 55.2 Å². The van der Waals surface area contributed by atoms with Crippen molar-refractivity contribution >= 4 is 5.91 Å². The van der Waals surface area contributed by atoms with Crippen molar-refractivity contribution in [3.63, 3.8) is 0 Å². The van der Waals surface area contributed by atoms with E-state index in [1.165, 1.54) is 0 Å². The van der Waals surface area contributed by atoms with Crippen molar-refractivity contribution in [2.24, 2.45) is 0 Å². The predicted octanol–water partition coefficient (Wildman–Crippen LogP) is 2.22. The van der Waals surface area contributed by atoms with Gasteiger partial charge in [-0.3, -0.25) is 9.69 Å². The van der Waals surface area contributed by atoms with Crippen LogP contribution >= 0.6 is 0 Å². The number of aromatic nitrogens is 3. The molecule has 1 aromatic carbocycles. The van der Waals surface area contributed by atoms with Crippen LogP contribution in [0, 0.1) is 13.8 Å². The van der Waals surface area contributed by atoms with Crippen LogP contribution in [0.25, 0.3) is 11.5 Å². The van der Waals surface area contributed by atoms with Crippen LogP contribution in [0.4, 0.5) is 0 Å². The normalized spacial score (nSPS) is 19.1. The van der Waals surface area contributed by atoms with Gasteiger partial charge in [0.1, 0.15) is 17.9 Å². The third kappa shape index (κ3) is 4.05. The highest BCUT2D eigenvalue weighted by Gasteiger charge is 2.32. The highest BCUT2D eigenvalue weighted by atomic mass is 16.6. The molecule has 2 aliphatic rings. The molecule has 0 N–H and O–H groups in total. The van der Waals surface area contributed by atoms with Crippen LogP contribution in [0.1, 0.15) is 23.7 Å². The Morgan fingerprint density at radius 3 is 2.72 bits per heavy atom. The highest BCUT2D eigenvalue weighted by molar-refractivity contribution is 5.82. The number of para-hydroxylation sites is 2. The van der Waals surface area contributed by atoms with E-state index in [9.17, 15) is 4.79 Å². The lowest BCUT2D eigenvalue weighted by atomic mass is 10.2.